The van der Waals surface area contributed by atoms with Gasteiger partial charge in [-0.25, -0.2) is 0 Å². The maximum absolute atomic E-state index is 12.2. The standard InChI is InChI=1S/C17H24N2O3/c1-4-12(5-2)17(21)18-13-9-16(20)19(11-13)14-7-6-8-15(10-14)22-3/h6-8,10,12-13H,4-5,9,11H2,1-3H3,(H,18,21)/t13-/m1/s1. The van der Waals surface area contributed by atoms with E-state index in [-0.39, 0.29) is 23.8 Å². The first kappa shape index (κ1) is 16.3. The summed E-state index contributed by atoms with van der Waals surface area (Å²) in [5, 5.41) is 3.01. The van der Waals surface area contributed by atoms with E-state index in [9.17, 15) is 9.59 Å². The number of nitrogens with one attached hydrogen (secondary N) is 1. The van der Waals surface area contributed by atoms with Crippen molar-refractivity contribution in [2.75, 3.05) is 18.6 Å². The molecule has 22 heavy (non-hydrogen) atoms. The lowest BCUT2D eigenvalue weighted by Crippen LogP contribution is -2.40. The predicted molar refractivity (Wildman–Crippen MR) is 86.0 cm³/mol. The molecule has 2 amide bonds. The Balaban J connectivity index is 2.03. The molecule has 1 aliphatic heterocycles. The summed E-state index contributed by atoms with van der Waals surface area (Å²) < 4.78 is 5.19. The van der Waals surface area contributed by atoms with Crippen molar-refractivity contribution < 1.29 is 14.3 Å². The SMILES string of the molecule is CCC(CC)C(=O)N[C@@H]1CC(=O)N(c2cccc(OC)c2)C1. The zero-order valence-electron chi connectivity index (χ0n) is 13.5. The number of nitrogens with zero attached hydrogens (tertiary/aromatic N) is 1. The molecule has 1 aliphatic rings. The number of rotatable bonds is 6. The number of amides is 2. The van der Waals surface area contributed by atoms with Crippen LogP contribution in [-0.2, 0) is 9.59 Å². The quantitative estimate of drug-likeness (QED) is 0.877. The van der Waals surface area contributed by atoms with E-state index in [2.05, 4.69) is 5.32 Å². The summed E-state index contributed by atoms with van der Waals surface area (Å²) in [6, 6.07) is 7.30. The number of anilines is 1. The van der Waals surface area contributed by atoms with Gasteiger partial charge >= 0.3 is 0 Å². The lowest BCUT2D eigenvalue weighted by atomic mass is 10.0. The maximum atomic E-state index is 12.2. The van der Waals surface area contributed by atoms with E-state index < -0.39 is 0 Å². The Kier molecular flexibility index (Phi) is 5.41. The molecule has 1 aromatic rings. The van der Waals surface area contributed by atoms with Crippen molar-refractivity contribution in [2.45, 2.75) is 39.2 Å². The number of carbonyl (C=O) groups excluding carboxylic acids is 2. The first-order chi connectivity index (χ1) is 10.6. The van der Waals surface area contributed by atoms with Gasteiger partial charge in [-0.3, -0.25) is 9.59 Å². The lowest BCUT2D eigenvalue weighted by Gasteiger charge is -2.19. The highest BCUT2D eigenvalue weighted by atomic mass is 16.5. The summed E-state index contributed by atoms with van der Waals surface area (Å²) in [6.07, 6.45) is 1.99. The largest absolute Gasteiger partial charge is 0.497 e. The van der Waals surface area contributed by atoms with E-state index in [1.54, 1.807) is 12.0 Å². The Hall–Kier alpha value is -2.04. The molecule has 1 heterocycles. The van der Waals surface area contributed by atoms with E-state index in [4.69, 9.17) is 4.74 Å². The monoisotopic (exact) mass is 304 g/mol. The van der Waals surface area contributed by atoms with E-state index in [1.165, 1.54) is 0 Å². The molecule has 0 spiro atoms. The van der Waals surface area contributed by atoms with Crippen LogP contribution in [0.15, 0.2) is 24.3 Å². The van der Waals surface area contributed by atoms with Crippen molar-refractivity contribution in [3.8, 4) is 5.75 Å². The van der Waals surface area contributed by atoms with Crippen molar-refractivity contribution >= 4 is 17.5 Å². The van der Waals surface area contributed by atoms with Crippen LogP contribution in [0.3, 0.4) is 0 Å². The third kappa shape index (κ3) is 3.59. The molecule has 0 bridgehead atoms. The summed E-state index contributed by atoms with van der Waals surface area (Å²) >= 11 is 0. The van der Waals surface area contributed by atoms with E-state index >= 15 is 0 Å². The van der Waals surface area contributed by atoms with Crippen molar-refractivity contribution in [2.24, 2.45) is 5.92 Å². The van der Waals surface area contributed by atoms with Gasteiger partial charge in [-0.2, -0.15) is 0 Å². The Morgan fingerprint density at radius 3 is 2.77 bits per heavy atom. The summed E-state index contributed by atoms with van der Waals surface area (Å²) in [6.45, 7) is 4.53. The van der Waals surface area contributed by atoms with Crippen LogP contribution in [-0.4, -0.2) is 31.5 Å². The summed E-state index contributed by atoms with van der Waals surface area (Å²) in [5.41, 5.74) is 0.809. The Bertz CT molecular complexity index is 540. The molecule has 1 N–H and O–H groups in total. The van der Waals surface area contributed by atoms with Crippen molar-refractivity contribution in [1.82, 2.24) is 5.32 Å². The second-order valence-corrected chi connectivity index (χ2v) is 5.63. The van der Waals surface area contributed by atoms with Crippen molar-refractivity contribution in [3.05, 3.63) is 24.3 Å². The molecular formula is C17H24N2O3. The highest BCUT2D eigenvalue weighted by molar-refractivity contribution is 5.97. The maximum Gasteiger partial charge on any atom is 0.229 e. The number of benzene rings is 1. The molecule has 5 nitrogen and oxygen atoms in total. The van der Waals surface area contributed by atoms with Gasteiger partial charge < -0.3 is 15.0 Å². The topological polar surface area (TPSA) is 58.6 Å². The number of hydrogen-bond acceptors (Lipinski definition) is 3. The Morgan fingerprint density at radius 2 is 2.14 bits per heavy atom. The molecule has 2 rings (SSSR count). The molecule has 5 heteroatoms. The van der Waals surface area contributed by atoms with Crippen LogP contribution < -0.4 is 15.0 Å². The lowest BCUT2D eigenvalue weighted by molar-refractivity contribution is -0.125. The number of carbonyl (C=O) groups is 2. The molecule has 0 radical (unpaired) electrons. The average Bonchev–Trinajstić information content (AvgIpc) is 2.89. The van der Waals surface area contributed by atoms with Crippen LogP contribution in [0.4, 0.5) is 5.69 Å². The van der Waals surface area contributed by atoms with E-state index in [0.29, 0.717) is 13.0 Å². The van der Waals surface area contributed by atoms with Crippen LogP contribution in [0, 0.1) is 5.92 Å². The van der Waals surface area contributed by atoms with Crippen molar-refractivity contribution in [3.63, 3.8) is 0 Å². The smallest absolute Gasteiger partial charge is 0.229 e. The van der Waals surface area contributed by atoms with Gasteiger partial charge in [0.1, 0.15) is 5.75 Å². The fraction of sp³-hybridized carbons (Fsp3) is 0.529. The van der Waals surface area contributed by atoms with Crippen LogP contribution in [0.5, 0.6) is 5.75 Å². The third-order valence-corrected chi connectivity index (χ3v) is 4.19. The molecular weight excluding hydrogens is 280 g/mol. The Labute approximate surface area is 131 Å². The second-order valence-electron chi connectivity index (χ2n) is 5.63. The molecule has 0 saturated carbocycles. The summed E-state index contributed by atoms with van der Waals surface area (Å²) in [4.78, 5) is 26.1. The molecule has 1 saturated heterocycles. The minimum absolute atomic E-state index is 0.0287. The van der Waals surface area contributed by atoms with Crippen molar-refractivity contribution in [1.29, 1.82) is 0 Å². The first-order valence-electron chi connectivity index (χ1n) is 7.83. The van der Waals surface area contributed by atoms with Gasteiger partial charge in [-0.05, 0) is 25.0 Å². The minimum Gasteiger partial charge on any atom is -0.497 e. The fourth-order valence-electron chi connectivity index (χ4n) is 2.81. The highest BCUT2D eigenvalue weighted by Gasteiger charge is 2.32. The molecule has 120 valence electrons. The van der Waals surface area contributed by atoms with Crippen LogP contribution in [0.1, 0.15) is 33.1 Å². The molecule has 0 aromatic heterocycles. The van der Waals surface area contributed by atoms with Gasteiger partial charge in [-0.1, -0.05) is 19.9 Å². The zero-order valence-corrected chi connectivity index (χ0v) is 13.5. The Morgan fingerprint density at radius 1 is 1.41 bits per heavy atom. The van der Waals surface area contributed by atoms with Gasteiger partial charge in [0, 0.05) is 30.6 Å². The van der Waals surface area contributed by atoms with Gasteiger partial charge in [0.2, 0.25) is 11.8 Å². The molecule has 0 aliphatic carbocycles. The van der Waals surface area contributed by atoms with E-state index in [0.717, 1.165) is 24.3 Å². The fourth-order valence-corrected chi connectivity index (χ4v) is 2.81. The second kappa shape index (κ2) is 7.29. The number of methoxy groups -OCH3 is 1. The molecule has 1 atom stereocenters. The first-order valence-corrected chi connectivity index (χ1v) is 7.83. The summed E-state index contributed by atoms with van der Waals surface area (Å²) in [7, 11) is 1.60. The minimum atomic E-state index is -0.119. The van der Waals surface area contributed by atoms with Gasteiger partial charge in [0.15, 0.2) is 0 Å². The van der Waals surface area contributed by atoms with Crippen LogP contribution >= 0.6 is 0 Å². The molecule has 1 aromatic carbocycles. The normalized spacial score (nSPS) is 17.9. The molecule has 1 fully saturated rings. The van der Waals surface area contributed by atoms with Crippen LogP contribution in [0.2, 0.25) is 0 Å². The average molecular weight is 304 g/mol. The van der Waals surface area contributed by atoms with Gasteiger partial charge in [-0.15, -0.1) is 0 Å². The molecule has 0 unspecified atom stereocenters. The summed E-state index contributed by atoms with van der Waals surface area (Å²) in [5.74, 6) is 0.828. The number of ether oxygens (including phenoxy) is 1. The predicted octanol–water partition coefficient (Wildman–Crippen LogP) is 2.35. The van der Waals surface area contributed by atoms with E-state index in [1.807, 2.05) is 38.1 Å². The third-order valence-electron chi connectivity index (χ3n) is 4.19. The highest BCUT2D eigenvalue weighted by Crippen LogP contribution is 2.25. The zero-order chi connectivity index (χ0) is 16.1. The number of hydrogen-bond donors (Lipinski definition) is 1. The van der Waals surface area contributed by atoms with Crippen LogP contribution in [0.25, 0.3) is 0 Å². The van der Waals surface area contributed by atoms with Gasteiger partial charge in [0.25, 0.3) is 0 Å². The van der Waals surface area contributed by atoms with Gasteiger partial charge in [0.05, 0.1) is 13.2 Å².